The van der Waals surface area contributed by atoms with Gasteiger partial charge in [-0.2, -0.15) is 18.3 Å². The first-order valence-corrected chi connectivity index (χ1v) is 7.40. The zero-order valence-electron chi connectivity index (χ0n) is 13.3. The van der Waals surface area contributed by atoms with Crippen molar-refractivity contribution in [2.45, 2.75) is 32.7 Å². The number of carbonyl (C=O) groups excluding carboxylic acids is 1. The van der Waals surface area contributed by atoms with Gasteiger partial charge >= 0.3 is 6.18 Å². The number of amides is 1. The van der Waals surface area contributed by atoms with Crippen LogP contribution in [0, 0.1) is 6.92 Å². The van der Waals surface area contributed by atoms with Crippen LogP contribution in [0.5, 0.6) is 0 Å². The third kappa shape index (κ3) is 3.76. The minimum Gasteiger partial charge on any atom is -0.387 e. The molecule has 5 nitrogen and oxygen atoms in total. The standard InChI is InChI=1S/C16H18F3N3O2/c1-3-22-14(16(17,18)19)12(8-21-22)15(24)20-9-13(23)11-7-5-4-6-10(11)2/h4-8,13,23H,3,9H2,1-2H3,(H,20,24). The van der Waals surface area contributed by atoms with E-state index in [-0.39, 0.29) is 13.1 Å². The molecule has 0 aliphatic carbocycles. The fourth-order valence-corrected chi connectivity index (χ4v) is 2.45. The molecule has 1 aromatic heterocycles. The summed E-state index contributed by atoms with van der Waals surface area (Å²) < 4.78 is 40.1. The molecule has 0 fully saturated rings. The monoisotopic (exact) mass is 341 g/mol. The van der Waals surface area contributed by atoms with Crippen molar-refractivity contribution in [1.82, 2.24) is 15.1 Å². The van der Waals surface area contributed by atoms with Crippen LogP contribution in [0.4, 0.5) is 13.2 Å². The van der Waals surface area contributed by atoms with E-state index in [1.54, 1.807) is 31.2 Å². The molecule has 0 saturated heterocycles. The van der Waals surface area contributed by atoms with E-state index >= 15 is 0 Å². The molecule has 130 valence electrons. The van der Waals surface area contributed by atoms with Gasteiger partial charge in [-0.1, -0.05) is 24.3 Å². The number of aliphatic hydroxyl groups is 1. The van der Waals surface area contributed by atoms with Crippen LogP contribution < -0.4 is 5.32 Å². The van der Waals surface area contributed by atoms with Crippen LogP contribution >= 0.6 is 0 Å². The molecule has 0 bridgehead atoms. The fraction of sp³-hybridized carbons (Fsp3) is 0.375. The molecule has 2 rings (SSSR count). The van der Waals surface area contributed by atoms with Gasteiger partial charge in [0.15, 0.2) is 5.69 Å². The molecule has 0 aliphatic rings. The van der Waals surface area contributed by atoms with Gasteiger partial charge in [-0.3, -0.25) is 9.48 Å². The summed E-state index contributed by atoms with van der Waals surface area (Å²) in [5.41, 5.74) is -0.207. The van der Waals surface area contributed by atoms with Gasteiger partial charge < -0.3 is 10.4 Å². The highest BCUT2D eigenvalue weighted by Gasteiger charge is 2.39. The van der Waals surface area contributed by atoms with Gasteiger partial charge in [-0.05, 0) is 25.0 Å². The van der Waals surface area contributed by atoms with Gasteiger partial charge in [0.05, 0.1) is 17.9 Å². The van der Waals surface area contributed by atoms with Crippen molar-refractivity contribution in [2.75, 3.05) is 6.54 Å². The van der Waals surface area contributed by atoms with Crippen LogP contribution in [0.2, 0.25) is 0 Å². The minimum absolute atomic E-state index is 0.00599. The highest BCUT2D eigenvalue weighted by molar-refractivity contribution is 5.95. The van der Waals surface area contributed by atoms with E-state index in [1.165, 1.54) is 6.92 Å². The van der Waals surface area contributed by atoms with Crippen LogP contribution in [0.15, 0.2) is 30.5 Å². The second-order valence-electron chi connectivity index (χ2n) is 5.30. The third-order valence-electron chi connectivity index (χ3n) is 3.66. The molecular weight excluding hydrogens is 323 g/mol. The summed E-state index contributed by atoms with van der Waals surface area (Å²) >= 11 is 0. The lowest BCUT2D eigenvalue weighted by atomic mass is 10.0. The number of alkyl halides is 3. The van der Waals surface area contributed by atoms with Crippen LogP contribution in [0.3, 0.4) is 0 Å². The van der Waals surface area contributed by atoms with Crippen LogP contribution in [0.25, 0.3) is 0 Å². The second kappa shape index (κ2) is 7.04. The highest BCUT2D eigenvalue weighted by Crippen LogP contribution is 2.32. The lowest BCUT2D eigenvalue weighted by Crippen LogP contribution is -2.30. The van der Waals surface area contributed by atoms with Crippen LogP contribution in [-0.2, 0) is 12.7 Å². The molecule has 8 heteroatoms. The zero-order chi connectivity index (χ0) is 17.9. The first-order chi connectivity index (χ1) is 11.3. The Bertz CT molecular complexity index is 726. The molecule has 24 heavy (non-hydrogen) atoms. The van der Waals surface area contributed by atoms with Gasteiger partial charge in [0.2, 0.25) is 0 Å². The average molecular weight is 341 g/mol. The van der Waals surface area contributed by atoms with E-state index in [4.69, 9.17) is 0 Å². The SMILES string of the molecule is CCn1ncc(C(=O)NCC(O)c2ccccc2C)c1C(F)(F)F. The van der Waals surface area contributed by atoms with E-state index in [0.29, 0.717) is 5.56 Å². The van der Waals surface area contributed by atoms with Crippen molar-refractivity contribution in [3.8, 4) is 0 Å². The second-order valence-corrected chi connectivity index (χ2v) is 5.30. The van der Waals surface area contributed by atoms with E-state index in [2.05, 4.69) is 10.4 Å². The Labute approximate surface area is 137 Å². The van der Waals surface area contributed by atoms with E-state index in [0.717, 1.165) is 16.4 Å². The first-order valence-electron chi connectivity index (χ1n) is 7.40. The number of carbonyl (C=O) groups is 1. The Hall–Kier alpha value is -2.35. The summed E-state index contributed by atoms with van der Waals surface area (Å²) in [5, 5.41) is 16.0. The summed E-state index contributed by atoms with van der Waals surface area (Å²) in [7, 11) is 0. The predicted molar refractivity (Wildman–Crippen MR) is 81.4 cm³/mol. The summed E-state index contributed by atoms with van der Waals surface area (Å²) in [6, 6.07) is 7.04. The minimum atomic E-state index is -4.69. The molecule has 1 unspecified atom stereocenters. The number of hydrogen-bond acceptors (Lipinski definition) is 3. The van der Waals surface area contributed by atoms with Crippen molar-refractivity contribution in [2.24, 2.45) is 0 Å². The van der Waals surface area contributed by atoms with Crippen molar-refractivity contribution in [1.29, 1.82) is 0 Å². The number of rotatable bonds is 5. The molecule has 1 amide bonds. The number of aliphatic hydroxyl groups excluding tert-OH is 1. The molecule has 1 atom stereocenters. The molecule has 0 spiro atoms. The average Bonchev–Trinajstić information content (AvgIpc) is 2.97. The quantitative estimate of drug-likeness (QED) is 0.879. The van der Waals surface area contributed by atoms with Gasteiger partial charge in [0, 0.05) is 13.1 Å². The maximum Gasteiger partial charge on any atom is 0.433 e. The Morgan fingerprint density at radius 2 is 2.04 bits per heavy atom. The Morgan fingerprint density at radius 1 is 1.38 bits per heavy atom. The predicted octanol–water partition coefficient (Wildman–Crippen LogP) is 2.69. The number of aromatic nitrogens is 2. The van der Waals surface area contributed by atoms with Crippen LogP contribution in [0.1, 0.15) is 40.2 Å². The van der Waals surface area contributed by atoms with Gasteiger partial charge in [0.25, 0.3) is 5.91 Å². The fourth-order valence-electron chi connectivity index (χ4n) is 2.45. The molecular formula is C16H18F3N3O2. The summed E-state index contributed by atoms with van der Waals surface area (Å²) in [4.78, 5) is 12.1. The number of nitrogens with zero attached hydrogens (tertiary/aromatic N) is 2. The Balaban J connectivity index is 2.14. The largest absolute Gasteiger partial charge is 0.433 e. The highest BCUT2D eigenvalue weighted by atomic mass is 19.4. The number of benzene rings is 1. The number of halogens is 3. The smallest absolute Gasteiger partial charge is 0.387 e. The van der Waals surface area contributed by atoms with Gasteiger partial charge in [-0.25, -0.2) is 0 Å². The summed E-state index contributed by atoms with van der Waals surface area (Å²) in [5.74, 6) is -0.922. The lowest BCUT2D eigenvalue weighted by Gasteiger charge is -2.15. The van der Waals surface area contributed by atoms with Gasteiger partial charge in [-0.15, -0.1) is 0 Å². The third-order valence-corrected chi connectivity index (χ3v) is 3.66. The number of hydrogen-bond donors (Lipinski definition) is 2. The molecule has 2 aromatic rings. The molecule has 1 heterocycles. The zero-order valence-corrected chi connectivity index (χ0v) is 13.3. The Morgan fingerprint density at radius 3 is 2.62 bits per heavy atom. The van der Waals surface area contributed by atoms with Crippen molar-refractivity contribution >= 4 is 5.91 Å². The van der Waals surface area contributed by atoms with Crippen molar-refractivity contribution < 1.29 is 23.1 Å². The van der Waals surface area contributed by atoms with Gasteiger partial charge in [0.1, 0.15) is 0 Å². The van der Waals surface area contributed by atoms with E-state index < -0.39 is 29.4 Å². The topological polar surface area (TPSA) is 67.2 Å². The summed E-state index contributed by atoms with van der Waals surface area (Å²) in [6.07, 6.45) is -4.80. The van der Waals surface area contributed by atoms with E-state index in [9.17, 15) is 23.1 Å². The molecule has 0 radical (unpaired) electrons. The number of aryl methyl sites for hydroxylation is 2. The summed E-state index contributed by atoms with van der Waals surface area (Å²) in [6.45, 7) is 3.10. The molecule has 1 aromatic carbocycles. The molecule has 2 N–H and O–H groups in total. The van der Waals surface area contributed by atoms with Crippen molar-refractivity contribution in [3.63, 3.8) is 0 Å². The molecule has 0 aliphatic heterocycles. The number of nitrogens with one attached hydrogen (secondary N) is 1. The van der Waals surface area contributed by atoms with Crippen molar-refractivity contribution in [3.05, 3.63) is 52.8 Å². The van der Waals surface area contributed by atoms with Crippen LogP contribution in [-0.4, -0.2) is 27.3 Å². The lowest BCUT2D eigenvalue weighted by molar-refractivity contribution is -0.144. The normalized spacial score (nSPS) is 12.9. The Kier molecular flexibility index (Phi) is 5.28. The first kappa shape index (κ1) is 18.0. The van der Waals surface area contributed by atoms with E-state index in [1.807, 2.05) is 0 Å². The maximum atomic E-state index is 13.1. The molecule has 0 saturated carbocycles. The maximum absolute atomic E-state index is 13.1.